The Hall–Kier alpha value is -7.89. The third-order valence-corrected chi connectivity index (χ3v) is 11.6. The van der Waals surface area contributed by atoms with Gasteiger partial charge in [0, 0.05) is 43.6 Å². The Morgan fingerprint density at radius 2 is 0.879 bits per heavy atom. The molecule has 0 aliphatic carbocycles. The van der Waals surface area contributed by atoms with Crippen molar-refractivity contribution in [2.24, 2.45) is 0 Å². The molecule has 0 aliphatic rings. The van der Waals surface area contributed by atoms with Gasteiger partial charge in [-0.25, -0.2) is 9.97 Å². The first kappa shape index (κ1) is 32.4. The molecule has 0 radical (unpaired) electrons. The minimum atomic E-state index is 0.649. The summed E-state index contributed by atoms with van der Waals surface area (Å²) in [5.74, 6) is 0.649. The molecule has 12 aromatic rings. The quantitative estimate of drug-likeness (QED) is 0.177. The van der Waals surface area contributed by atoms with Gasteiger partial charge in [-0.1, -0.05) is 140 Å². The van der Waals surface area contributed by atoms with E-state index in [4.69, 9.17) is 15.0 Å². The Morgan fingerprint density at radius 1 is 0.328 bits per heavy atom. The van der Waals surface area contributed by atoms with Gasteiger partial charge in [-0.15, -0.1) is 0 Å². The molecule has 4 heterocycles. The van der Waals surface area contributed by atoms with E-state index in [0.717, 1.165) is 82.7 Å². The van der Waals surface area contributed by atoms with Gasteiger partial charge >= 0.3 is 0 Å². The molecule has 12 rings (SSSR count). The summed E-state index contributed by atoms with van der Waals surface area (Å²) in [5, 5.41) is 6.89. The van der Waals surface area contributed by atoms with Crippen molar-refractivity contribution < 1.29 is 0 Å². The molecular weight excluding hydrogens is 707 g/mol. The minimum Gasteiger partial charge on any atom is -0.308 e. The van der Waals surface area contributed by atoms with E-state index in [-0.39, 0.29) is 0 Å². The lowest BCUT2D eigenvalue weighted by atomic mass is 10.00. The maximum Gasteiger partial charge on any atom is 0.235 e. The summed E-state index contributed by atoms with van der Waals surface area (Å²) in [6.45, 7) is 0. The second kappa shape index (κ2) is 12.8. The SMILES string of the molecule is c1ccc(-c2ccc(-c3nc(-n4c5ccccc5c5cc(-c6ccc7c(c6)c6c8ccccc8ncc6n7-c6ccccc6)ccc54)nc4ccccc34)cc2)cc1. The first-order valence-electron chi connectivity index (χ1n) is 19.6. The van der Waals surface area contributed by atoms with Crippen LogP contribution in [0.5, 0.6) is 0 Å². The fourth-order valence-corrected chi connectivity index (χ4v) is 8.88. The molecule has 0 amide bonds. The summed E-state index contributed by atoms with van der Waals surface area (Å²) in [4.78, 5) is 15.4. The molecule has 58 heavy (non-hydrogen) atoms. The highest BCUT2D eigenvalue weighted by Gasteiger charge is 2.20. The highest BCUT2D eigenvalue weighted by atomic mass is 15.2. The second-order valence-corrected chi connectivity index (χ2v) is 14.9. The second-order valence-electron chi connectivity index (χ2n) is 14.9. The van der Waals surface area contributed by atoms with Crippen LogP contribution in [0.2, 0.25) is 0 Å². The van der Waals surface area contributed by atoms with Crippen LogP contribution in [0.1, 0.15) is 0 Å². The Bertz CT molecular complexity index is 3550. The van der Waals surface area contributed by atoms with E-state index in [1.807, 2.05) is 18.3 Å². The van der Waals surface area contributed by atoms with E-state index in [2.05, 4.69) is 191 Å². The fraction of sp³-hybridized carbons (Fsp3) is 0. The highest BCUT2D eigenvalue weighted by molar-refractivity contribution is 6.21. The third-order valence-electron chi connectivity index (χ3n) is 11.6. The Morgan fingerprint density at radius 3 is 1.66 bits per heavy atom. The topological polar surface area (TPSA) is 48.5 Å². The molecule has 0 unspecified atom stereocenters. The molecule has 0 saturated carbocycles. The number of benzene rings is 8. The van der Waals surface area contributed by atoms with Crippen LogP contribution in [0.3, 0.4) is 0 Å². The molecule has 4 aromatic heterocycles. The third kappa shape index (κ3) is 5.00. The van der Waals surface area contributed by atoms with Crippen LogP contribution in [0.15, 0.2) is 200 Å². The standard InChI is InChI=1S/C53H33N5/c1-3-13-34(14-4-1)35-23-25-36(26-24-35)52-42-19-8-11-21-46(42)55-53(56-52)58-47-22-12-9-17-40(47)43-31-37(27-29-48(43)58)38-28-30-49-44(32-38)51-41-18-7-10-20-45(41)54-33-50(51)57(49)39-15-5-2-6-16-39/h1-33H. The zero-order valence-corrected chi connectivity index (χ0v) is 31.3. The summed E-state index contributed by atoms with van der Waals surface area (Å²) in [6.07, 6.45) is 2.02. The number of rotatable bonds is 5. The van der Waals surface area contributed by atoms with Crippen molar-refractivity contribution in [1.82, 2.24) is 24.1 Å². The van der Waals surface area contributed by atoms with Gasteiger partial charge in [-0.05, 0) is 76.9 Å². The maximum absolute atomic E-state index is 5.36. The number of fused-ring (bicyclic) bond motifs is 9. The average molecular weight is 740 g/mol. The molecular formula is C53H33N5. The van der Waals surface area contributed by atoms with Crippen molar-refractivity contribution in [3.63, 3.8) is 0 Å². The molecule has 0 spiro atoms. The predicted octanol–water partition coefficient (Wildman–Crippen LogP) is 13.4. The first-order valence-corrected chi connectivity index (χ1v) is 19.6. The van der Waals surface area contributed by atoms with Gasteiger partial charge in [0.05, 0.1) is 45.0 Å². The van der Waals surface area contributed by atoms with Crippen molar-refractivity contribution in [2.75, 3.05) is 0 Å². The lowest BCUT2D eigenvalue weighted by molar-refractivity contribution is 1.01. The lowest BCUT2D eigenvalue weighted by Crippen LogP contribution is -2.03. The van der Waals surface area contributed by atoms with E-state index in [1.54, 1.807) is 0 Å². The van der Waals surface area contributed by atoms with Crippen LogP contribution in [0, 0.1) is 0 Å². The van der Waals surface area contributed by atoms with Crippen LogP contribution in [-0.4, -0.2) is 24.1 Å². The van der Waals surface area contributed by atoms with Crippen LogP contribution in [-0.2, 0) is 0 Å². The van der Waals surface area contributed by atoms with Crippen molar-refractivity contribution >= 4 is 65.4 Å². The molecule has 0 bridgehead atoms. The van der Waals surface area contributed by atoms with E-state index < -0.39 is 0 Å². The van der Waals surface area contributed by atoms with Gasteiger partial charge < -0.3 is 4.57 Å². The predicted molar refractivity (Wildman–Crippen MR) is 240 cm³/mol. The Balaban J connectivity index is 1.04. The number of hydrogen-bond acceptors (Lipinski definition) is 3. The number of nitrogens with zero attached hydrogens (tertiary/aromatic N) is 5. The van der Waals surface area contributed by atoms with Gasteiger partial charge in [-0.2, -0.15) is 0 Å². The van der Waals surface area contributed by atoms with E-state index in [0.29, 0.717) is 5.95 Å². The Labute approximate surface area is 333 Å². The number of pyridine rings is 1. The zero-order chi connectivity index (χ0) is 38.2. The summed E-state index contributed by atoms with van der Waals surface area (Å²) < 4.78 is 4.55. The molecule has 0 saturated heterocycles. The molecule has 0 aliphatic heterocycles. The molecule has 270 valence electrons. The average Bonchev–Trinajstić information content (AvgIpc) is 3.82. The fourth-order valence-electron chi connectivity index (χ4n) is 8.88. The largest absolute Gasteiger partial charge is 0.308 e. The summed E-state index contributed by atoms with van der Waals surface area (Å²) in [6, 6.07) is 68.8. The number of aromatic nitrogens is 5. The summed E-state index contributed by atoms with van der Waals surface area (Å²) in [7, 11) is 0. The van der Waals surface area contributed by atoms with Gasteiger partial charge in [-0.3, -0.25) is 9.55 Å². The number of para-hydroxylation sites is 4. The van der Waals surface area contributed by atoms with Gasteiger partial charge in [0.1, 0.15) is 0 Å². The van der Waals surface area contributed by atoms with Crippen LogP contribution in [0.25, 0.3) is 111 Å². The molecule has 5 nitrogen and oxygen atoms in total. The molecule has 8 aromatic carbocycles. The van der Waals surface area contributed by atoms with Gasteiger partial charge in [0.25, 0.3) is 0 Å². The molecule has 5 heteroatoms. The van der Waals surface area contributed by atoms with Gasteiger partial charge in [0.2, 0.25) is 5.95 Å². The highest BCUT2D eigenvalue weighted by Crippen LogP contribution is 2.40. The van der Waals surface area contributed by atoms with Crippen LogP contribution in [0.4, 0.5) is 0 Å². The van der Waals surface area contributed by atoms with Crippen molar-refractivity contribution in [3.8, 4) is 45.1 Å². The summed E-state index contributed by atoms with van der Waals surface area (Å²) >= 11 is 0. The number of hydrogen-bond donors (Lipinski definition) is 0. The van der Waals surface area contributed by atoms with Crippen molar-refractivity contribution in [1.29, 1.82) is 0 Å². The van der Waals surface area contributed by atoms with Crippen molar-refractivity contribution in [2.45, 2.75) is 0 Å². The van der Waals surface area contributed by atoms with Gasteiger partial charge in [0.15, 0.2) is 0 Å². The maximum atomic E-state index is 5.36. The van der Waals surface area contributed by atoms with E-state index in [1.165, 1.54) is 21.9 Å². The normalized spacial score (nSPS) is 11.8. The summed E-state index contributed by atoms with van der Waals surface area (Å²) in [5.41, 5.74) is 14.0. The van der Waals surface area contributed by atoms with Crippen molar-refractivity contribution in [3.05, 3.63) is 200 Å². The van der Waals surface area contributed by atoms with E-state index >= 15 is 0 Å². The van der Waals surface area contributed by atoms with E-state index in [9.17, 15) is 0 Å². The first-order chi connectivity index (χ1) is 28.8. The van der Waals surface area contributed by atoms with Crippen LogP contribution < -0.4 is 0 Å². The lowest BCUT2D eigenvalue weighted by Gasteiger charge is -2.12. The minimum absolute atomic E-state index is 0.649. The monoisotopic (exact) mass is 739 g/mol. The molecule has 0 fully saturated rings. The molecule has 0 N–H and O–H groups in total. The zero-order valence-electron chi connectivity index (χ0n) is 31.3. The molecule has 0 atom stereocenters. The van der Waals surface area contributed by atoms with Crippen LogP contribution >= 0.6 is 0 Å². The smallest absolute Gasteiger partial charge is 0.235 e. The Kier molecular flexibility index (Phi) is 7.16.